The van der Waals surface area contributed by atoms with Crippen LogP contribution in [-0.2, 0) is 7.05 Å². The van der Waals surface area contributed by atoms with Crippen LogP contribution in [0, 0.1) is 0 Å². The van der Waals surface area contributed by atoms with E-state index >= 15 is 0 Å². The molecule has 1 aliphatic heterocycles. The van der Waals surface area contributed by atoms with Crippen molar-refractivity contribution in [1.82, 2.24) is 14.7 Å². The van der Waals surface area contributed by atoms with Crippen molar-refractivity contribution >= 4 is 11.5 Å². The topological polar surface area (TPSA) is 47.4 Å². The van der Waals surface area contributed by atoms with E-state index in [1.165, 1.54) is 5.57 Å². The van der Waals surface area contributed by atoms with Crippen molar-refractivity contribution in [2.24, 2.45) is 7.05 Å². The molecule has 0 saturated heterocycles. The zero-order chi connectivity index (χ0) is 18.0. The Morgan fingerprint density at radius 1 is 1.28 bits per heavy atom. The van der Waals surface area contributed by atoms with Crippen molar-refractivity contribution in [2.45, 2.75) is 26.2 Å². The fourth-order valence-electron chi connectivity index (χ4n) is 3.07. The van der Waals surface area contributed by atoms with Crippen LogP contribution in [0.5, 0.6) is 5.75 Å². The van der Waals surface area contributed by atoms with Gasteiger partial charge in [0.25, 0.3) is 5.91 Å². The number of carbonyl (C=O) groups is 1. The summed E-state index contributed by atoms with van der Waals surface area (Å²) >= 11 is 0. The SMILES string of the molecule is COc1cccc(C2=CCN(C(=O)c3cc(C(C)C)nn3C)CC2)c1. The summed E-state index contributed by atoms with van der Waals surface area (Å²) in [5.41, 5.74) is 4.03. The van der Waals surface area contributed by atoms with Gasteiger partial charge in [-0.2, -0.15) is 5.10 Å². The highest BCUT2D eigenvalue weighted by atomic mass is 16.5. The lowest BCUT2D eigenvalue weighted by atomic mass is 9.99. The van der Waals surface area contributed by atoms with Gasteiger partial charge < -0.3 is 9.64 Å². The lowest BCUT2D eigenvalue weighted by Crippen LogP contribution is -2.35. The van der Waals surface area contributed by atoms with Crippen LogP contribution in [0.3, 0.4) is 0 Å². The molecule has 2 heterocycles. The van der Waals surface area contributed by atoms with Crippen LogP contribution in [0.25, 0.3) is 5.57 Å². The molecular formula is C20H25N3O2. The molecule has 0 aliphatic carbocycles. The van der Waals surface area contributed by atoms with E-state index in [0.29, 0.717) is 24.7 Å². The van der Waals surface area contributed by atoms with Crippen LogP contribution in [0.2, 0.25) is 0 Å². The molecule has 25 heavy (non-hydrogen) atoms. The average molecular weight is 339 g/mol. The number of benzene rings is 1. The molecule has 0 fully saturated rings. The molecule has 0 unspecified atom stereocenters. The van der Waals surface area contributed by atoms with Crippen molar-refractivity contribution in [3.05, 3.63) is 53.4 Å². The van der Waals surface area contributed by atoms with Gasteiger partial charge in [0.15, 0.2) is 0 Å². The van der Waals surface area contributed by atoms with E-state index < -0.39 is 0 Å². The maximum atomic E-state index is 12.8. The minimum absolute atomic E-state index is 0.0443. The van der Waals surface area contributed by atoms with E-state index in [-0.39, 0.29) is 5.91 Å². The number of aryl methyl sites for hydroxylation is 1. The van der Waals surface area contributed by atoms with Crippen LogP contribution in [0.4, 0.5) is 0 Å². The first-order chi connectivity index (χ1) is 12.0. The Morgan fingerprint density at radius 3 is 2.68 bits per heavy atom. The highest BCUT2D eigenvalue weighted by molar-refractivity contribution is 5.93. The largest absolute Gasteiger partial charge is 0.497 e. The first-order valence-corrected chi connectivity index (χ1v) is 8.66. The number of hydrogen-bond donors (Lipinski definition) is 0. The van der Waals surface area contributed by atoms with Crippen LogP contribution in [0.1, 0.15) is 47.9 Å². The van der Waals surface area contributed by atoms with E-state index in [9.17, 15) is 4.79 Å². The molecule has 1 aromatic carbocycles. The molecule has 5 heteroatoms. The maximum absolute atomic E-state index is 12.8. The molecule has 3 rings (SSSR count). The van der Waals surface area contributed by atoms with Gasteiger partial charge in [0.05, 0.1) is 12.8 Å². The molecule has 1 amide bonds. The molecule has 132 valence electrons. The third kappa shape index (κ3) is 3.60. The van der Waals surface area contributed by atoms with Crippen molar-refractivity contribution in [1.29, 1.82) is 0 Å². The standard InChI is InChI=1S/C20H25N3O2/c1-14(2)18-13-19(22(3)21-18)20(24)23-10-8-15(9-11-23)16-6-5-7-17(12-16)25-4/h5-8,12-14H,9-11H2,1-4H3. The maximum Gasteiger partial charge on any atom is 0.272 e. The summed E-state index contributed by atoms with van der Waals surface area (Å²) in [6, 6.07) is 9.97. The summed E-state index contributed by atoms with van der Waals surface area (Å²) in [5, 5.41) is 4.45. The summed E-state index contributed by atoms with van der Waals surface area (Å²) in [7, 11) is 3.51. The summed E-state index contributed by atoms with van der Waals surface area (Å²) in [6.45, 7) is 5.50. The van der Waals surface area contributed by atoms with E-state index in [1.54, 1.807) is 11.8 Å². The van der Waals surface area contributed by atoms with Crippen molar-refractivity contribution in [3.63, 3.8) is 0 Å². The van der Waals surface area contributed by atoms with E-state index in [2.05, 4.69) is 31.1 Å². The summed E-state index contributed by atoms with van der Waals surface area (Å²) in [4.78, 5) is 14.7. The molecule has 1 aromatic heterocycles. The van der Waals surface area contributed by atoms with E-state index in [0.717, 1.165) is 23.4 Å². The van der Waals surface area contributed by atoms with Gasteiger partial charge in [-0.25, -0.2) is 0 Å². The van der Waals surface area contributed by atoms with Gasteiger partial charge in [-0.3, -0.25) is 9.48 Å². The van der Waals surface area contributed by atoms with Gasteiger partial charge in [-0.1, -0.05) is 32.1 Å². The number of amides is 1. The van der Waals surface area contributed by atoms with Crippen molar-refractivity contribution in [2.75, 3.05) is 20.2 Å². The lowest BCUT2D eigenvalue weighted by Gasteiger charge is -2.26. The van der Waals surface area contributed by atoms with Gasteiger partial charge in [-0.15, -0.1) is 0 Å². The zero-order valence-electron chi connectivity index (χ0n) is 15.3. The van der Waals surface area contributed by atoms with Gasteiger partial charge in [0.2, 0.25) is 0 Å². The Balaban J connectivity index is 1.74. The molecule has 0 radical (unpaired) electrons. The normalized spacial score (nSPS) is 14.6. The van der Waals surface area contributed by atoms with Crippen LogP contribution in [-0.4, -0.2) is 40.8 Å². The molecular weight excluding hydrogens is 314 g/mol. The summed E-state index contributed by atoms with van der Waals surface area (Å²) < 4.78 is 6.99. The Kier molecular flexibility index (Phi) is 4.93. The molecule has 0 N–H and O–H groups in total. The molecule has 2 aromatic rings. The van der Waals surface area contributed by atoms with Crippen molar-refractivity contribution < 1.29 is 9.53 Å². The fourth-order valence-corrected chi connectivity index (χ4v) is 3.07. The highest BCUT2D eigenvalue weighted by Gasteiger charge is 2.23. The summed E-state index contributed by atoms with van der Waals surface area (Å²) in [5.74, 6) is 1.21. The molecule has 1 aliphatic rings. The fraction of sp³-hybridized carbons (Fsp3) is 0.400. The average Bonchev–Trinajstić information content (AvgIpc) is 3.03. The third-order valence-corrected chi connectivity index (χ3v) is 4.65. The lowest BCUT2D eigenvalue weighted by molar-refractivity contribution is 0.0762. The second-order valence-electron chi connectivity index (χ2n) is 6.70. The van der Waals surface area contributed by atoms with E-state index in [1.807, 2.05) is 36.2 Å². The number of aromatic nitrogens is 2. The van der Waals surface area contributed by atoms with Gasteiger partial charge in [0.1, 0.15) is 11.4 Å². The minimum Gasteiger partial charge on any atom is -0.497 e. The Bertz CT molecular complexity index is 805. The molecule has 0 atom stereocenters. The van der Waals surface area contributed by atoms with Gasteiger partial charge in [0, 0.05) is 20.1 Å². The van der Waals surface area contributed by atoms with E-state index in [4.69, 9.17) is 4.74 Å². The third-order valence-electron chi connectivity index (χ3n) is 4.65. The second kappa shape index (κ2) is 7.13. The molecule has 0 saturated carbocycles. The minimum atomic E-state index is 0.0443. The number of rotatable bonds is 4. The predicted molar refractivity (Wildman–Crippen MR) is 98.8 cm³/mol. The van der Waals surface area contributed by atoms with Gasteiger partial charge in [-0.05, 0) is 41.7 Å². The number of carbonyl (C=O) groups excluding carboxylic acids is 1. The number of methoxy groups -OCH3 is 1. The quantitative estimate of drug-likeness (QED) is 0.857. The number of ether oxygens (including phenoxy) is 1. The highest BCUT2D eigenvalue weighted by Crippen LogP contribution is 2.26. The first-order valence-electron chi connectivity index (χ1n) is 8.66. The second-order valence-corrected chi connectivity index (χ2v) is 6.70. The molecule has 5 nitrogen and oxygen atoms in total. The van der Waals surface area contributed by atoms with Crippen LogP contribution >= 0.6 is 0 Å². The Morgan fingerprint density at radius 2 is 2.08 bits per heavy atom. The Labute approximate surface area is 148 Å². The smallest absolute Gasteiger partial charge is 0.272 e. The van der Waals surface area contributed by atoms with Gasteiger partial charge >= 0.3 is 0 Å². The first kappa shape index (κ1) is 17.3. The van der Waals surface area contributed by atoms with Crippen molar-refractivity contribution in [3.8, 4) is 5.75 Å². The predicted octanol–water partition coefficient (Wildman–Crippen LogP) is 3.48. The number of hydrogen-bond acceptors (Lipinski definition) is 3. The zero-order valence-corrected chi connectivity index (χ0v) is 15.3. The molecule has 0 spiro atoms. The summed E-state index contributed by atoms with van der Waals surface area (Å²) in [6.07, 6.45) is 2.98. The number of nitrogens with zero attached hydrogens (tertiary/aromatic N) is 3. The molecule has 0 bridgehead atoms. The Hall–Kier alpha value is -2.56. The van der Waals surface area contributed by atoms with Crippen LogP contribution < -0.4 is 4.74 Å². The monoisotopic (exact) mass is 339 g/mol. The van der Waals surface area contributed by atoms with Crippen LogP contribution in [0.15, 0.2) is 36.4 Å².